The van der Waals surface area contributed by atoms with Crippen LogP contribution in [0.1, 0.15) is 10.5 Å². The van der Waals surface area contributed by atoms with Gasteiger partial charge < -0.3 is 15.5 Å². The van der Waals surface area contributed by atoms with Crippen LogP contribution in [-0.2, 0) is 0 Å². The summed E-state index contributed by atoms with van der Waals surface area (Å²) in [5.41, 5.74) is 1.52. The number of amides is 1. The summed E-state index contributed by atoms with van der Waals surface area (Å²) in [7, 11) is 3.99. The summed E-state index contributed by atoms with van der Waals surface area (Å²) in [4.78, 5) is 18.3. The lowest BCUT2D eigenvalue weighted by molar-refractivity contribution is 0.102. The summed E-state index contributed by atoms with van der Waals surface area (Å²) in [6.45, 7) is 1.68. The molecule has 0 aliphatic rings. The second kappa shape index (κ2) is 7.89. The number of hydrogen-bond acceptors (Lipinski definition) is 4. The smallest absolute Gasteiger partial charge is 0.274 e. The maximum atomic E-state index is 13.1. The molecule has 7 heteroatoms. The van der Waals surface area contributed by atoms with Gasteiger partial charge in [0.1, 0.15) is 11.5 Å². The Bertz CT molecular complexity index is 676. The zero-order valence-corrected chi connectivity index (χ0v) is 13.7. The van der Waals surface area contributed by atoms with Crippen molar-refractivity contribution in [1.29, 1.82) is 0 Å². The molecule has 2 aromatic rings. The first-order chi connectivity index (χ1) is 11.0. The SMILES string of the molecule is CN(C)CCNc1ccc(C(=O)Nc2ccc(F)c(Cl)c2)nc1. The van der Waals surface area contributed by atoms with Crippen molar-refractivity contribution in [3.8, 4) is 0 Å². The summed E-state index contributed by atoms with van der Waals surface area (Å²) in [6.07, 6.45) is 1.60. The van der Waals surface area contributed by atoms with Gasteiger partial charge in [0, 0.05) is 18.8 Å². The number of nitrogens with zero attached hydrogens (tertiary/aromatic N) is 2. The lowest BCUT2D eigenvalue weighted by Gasteiger charge is -2.11. The van der Waals surface area contributed by atoms with Gasteiger partial charge in [-0.05, 0) is 44.4 Å². The molecule has 0 spiro atoms. The molecule has 0 radical (unpaired) electrons. The molecule has 23 heavy (non-hydrogen) atoms. The molecule has 1 aromatic carbocycles. The number of anilines is 2. The second-order valence-electron chi connectivity index (χ2n) is 5.25. The first-order valence-electron chi connectivity index (χ1n) is 7.07. The molecular formula is C16H18ClFN4O. The largest absolute Gasteiger partial charge is 0.383 e. The van der Waals surface area contributed by atoms with Crippen LogP contribution in [0.2, 0.25) is 5.02 Å². The van der Waals surface area contributed by atoms with Gasteiger partial charge in [-0.3, -0.25) is 4.79 Å². The van der Waals surface area contributed by atoms with Crippen LogP contribution in [0.15, 0.2) is 36.5 Å². The predicted molar refractivity (Wildman–Crippen MR) is 90.6 cm³/mol. The molecule has 5 nitrogen and oxygen atoms in total. The molecule has 0 bridgehead atoms. The van der Waals surface area contributed by atoms with Crippen molar-refractivity contribution in [2.75, 3.05) is 37.8 Å². The maximum Gasteiger partial charge on any atom is 0.274 e. The fraction of sp³-hybridized carbons (Fsp3) is 0.250. The molecule has 0 aliphatic carbocycles. The van der Waals surface area contributed by atoms with E-state index in [0.29, 0.717) is 5.69 Å². The van der Waals surface area contributed by atoms with Crippen molar-refractivity contribution in [3.63, 3.8) is 0 Å². The maximum absolute atomic E-state index is 13.1. The van der Waals surface area contributed by atoms with E-state index in [9.17, 15) is 9.18 Å². The van der Waals surface area contributed by atoms with E-state index in [1.807, 2.05) is 14.1 Å². The average molecular weight is 337 g/mol. The average Bonchev–Trinajstić information content (AvgIpc) is 2.51. The minimum absolute atomic E-state index is 0.0452. The number of likely N-dealkylation sites (N-methyl/N-ethyl adjacent to an activating group) is 1. The standard InChI is InChI=1S/C16H18ClFN4O/c1-22(2)8-7-19-12-4-6-15(20-10-12)16(23)21-11-3-5-14(18)13(17)9-11/h3-6,9-10,19H,7-8H2,1-2H3,(H,21,23). The number of pyridine rings is 1. The Hall–Kier alpha value is -2.18. The Labute approximate surface area is 139 Å². The highest BCUT2D eigenvalue weighted by Crippen LogP contribution is 2.19. The molecule has 1 aromatic heterocycles. The van der Waals surface area contributed by atoms with E-state index >= 15 is 0 Å². The molecule has 1 heterocycles. The Morgan fingerprint density at radius 3 is 2.61 bits per heavy atom. The van der Waals surface area contributed by atoms with Gasteiger partial charge in [-0.15, -0.1) is 0 Å². The number of aromatic nitrogens is 1. The van der Waals surface area contributed by atoms with Crippen LogP contribution in [0, 0.1) is 5.82 Å². The van der Waals surface area contributed by atoms with E-state index in [2.05, 4.69) is 20.5 Å². The van der Waals surface area contributed by atoms with E-state index in [0.717, 1.165) is 18.8 Å². The predicted octanol–water partition coefficient (Wildman–Crippen LogP) is 3.10. The van der Waals surface area contributed by atoms with Crippen molar-refractivity contribution < 1.29 is 9.18 Å². The number of hydrogen-bond donors (Lipinski definition) is 2. The number of nitrogens with one attached hydrogen (secondary N) is 2. The first-order valence-corrected chi connectivity index (χ1v) is 7.44. The van der Waals surface area contributed by atoms with Gasteiger partial charge in [0.05, 0.1) is 16.9 Å². The lowest BCUT2D eigenvalue weighted by atomic mass is 10.2. The summed E-state index contributed by atoms with van der Waals surface area (Å²) < 4.78 is 13.1. The van der Waals surface area contributed by atoms with Crippen LogP contribution in [0.3, 0.4) is 0 Å². The highest BCUT2D eigenvalue weighted by Gasteiger charge is 2.09. The Balaban J connectivity index is 1.95. The number of carbonyl (C=O) groups excluding carboxylic acids is 1. The molecule has 0 atom stereocenters. The molecule has 122 valence electrons. The van der Waals surface area contributed by atoms with Crippen molar-refractivity contribution in [3.05, 3.63) is 53.1 Å². The molecule has 2 N–H and O–H groups in total. The van der Waals surface area contributed by atoms with Gasteiger partial charge in [-0.25, -0.2) is 9.37 Å². The molecular weight excluding hydrogens is 319 g/mol. The zero-order valence-electron chi connectivity index (χ0n) is 12.9. The Kier molecular flexibility index (Phi) is 5.90. The van der Waals surface area contributed by atoms with Crippen molar-refractivity contribution in [1.82, 2.24) is 9.88 Å². The minimum Gasteiger partial charge on any atom is -0.383 e. The number of rotatable bonds is 6. The number of benzene rings is 1. The van der Waals surface area contributed by atoms with Crippen LogP contribution in [0.5, 0.6) is 0 Å². The molecule has 0 fully saturated rings. The summed E-state index contributed by atoms with van der Waals surface area (Å²) in [5, 5.41) is 5.79. The molecule has 0 unspecified atom stereocenters. The highest BCUT2D eigenvalue weighted by molar-refractivity contribution is 6.31. The van der Waals surface area contributed by atoms with Gasteiger partial charge in [-0.2, -0.15) is 0 Å². The van der Waals surface area contributed by atoms with Gasteiger partial charge in [-0.1, -0.05) is 11.6 Å². The third-order valence-electron chi connectivity index (χ3n) is 3.06. The summed E-state index contributed by atoms with van der Waals surface area (Å²) in [6, 6.07) is 7.40. The van der Waals surface area contributed by atoms with Crippen LogP contribution < -0.4 is 10.6 Å². The minimum atomic E-state index is -0.532. The molecule has 0 aliphatic heterocycles. The highest BCUT2D eigenvalue weighted by atomic mass is 35.5. The van der Waals surface area contributed by atoms with Crippen LogP contribution in [0.4, 0.5) is 15.8 Å². The van der Waals surface area contributed by atoms with Gasteiger partial charge >= 0.3 is 0 Å². The van der Waals surface area contributed by atoms with E-state index in [4.69, 9.17) is 11.6 Å². The fourth-order valence-corrected chi connectivity index (χ4v) is 2.01. The van der Waals surface area contributed by atoms with Gasteiger partial charge in [0.25, 0.3) is 5.91 Å². The first kappa shape index (κ1) is 17.2. The van der Waals surface area contributed by atoms with Crippen LogP contribution in [0.25, 0.3) is 0 Å². The van der Waals surface area contributed by atoms with Crippen LogP contribution >= 0.6 is 11.6 Å². The van der Waals surface area contributed by atoms with Crippen LogP contribution in [-0.4, -0.2) is 43.0 Å². The normalized spacial score (nSPS) is 10.7. The monoisotopic (exact) mass is 336 g/mol. The van der Waals surface area contributed by atoms with E-state index in [1.165, 1.54) is 18.2 Å². The second-order valence-corrected chi connectivity index (χ2v) is 5.65. The van der Waals surface area contributed by atoms with Gasteiger partial charge in [0.15, 0.2) is 0 Å². The molecule has 2 rings (SSSR count). The van der Waals surface area contributed by atoms with Crippen molar-refractivity contribution in [2.45, 2.75) is 0 Å². The zero-order chi connectivity index (χ0) is 16.8. The quantitative estimate of drug-likeness (QED) is 0.851. The fourth-order valence-electron chi connectivity index (χ4n) is 1.83. The Morgan fingerprint density at radius 1 is 1.26 bits per heavy atom. The topological polar surface area (TPSA) is 57.3 Å². The van der Waals surface area contributed by atoms with Crippen molar-refractivity contribution in [2.24, 2.45) is 0 Å². The third-order valence-corrected chi connectivity index (χ3v) is 3.35. The molecule has 0 saturated carbocycles. The van der Waals surface area contributed by atoms with E-state index < -0.39 is 5.82 Å². The summed E-state index contributed by atoms with van der Waals surface area (Å²) >= 11 is 5.68. The number of halogens is 2. The lowest BCUT2D eigenvalue weighted by Crippen LogP contribution is -2.21. The number of carbonyl (C=O) groups is 1. The Morgan fingerprint density at radius 2 is 2.00 bits per heavy atom. The third kappa shape index (κ3) is 5.19. The van der Waals surface area contributed by atoms with Crippen molar-refractivity contribution >= 4 is 28.9 Å². The van der Waals surface area contributed by atoms with E-state index in [1.54, 1.807) is 18.3 Å². The molecule has 1 amide bonds. The summed E-state index contributed by atoms with van der Waals surface area (Å²) in [5.74, 6) is -0.913. The van der Waals surface area contributed by atoms with E-state index in [-0.39, 0.29) is 16.6 Å². The molecule has 0 saturated heterocycles. The van der Waals surface area contributed by atoms with Gasteiger partial charge in [0.2, 0.25) is 0 Å².